The van der Waals surface area contributed by atoms with Crippen LogP contribution >= 0.6 is 0 Å². The molecule has 4 aliphatic rings. The molecular weight excluding hydrogens is 352 g/mol. The molecule has 1 aromatic heterocycles. The lowest BCUT2D eigenvalue weighted by Crippen LogP contribution is -2.52. The lowest BCUT2D eigenvalue weighted by molar-refractivity contribution is -0.146. The van der Waals surface area contributed by atoms with Gasteiger partial charge in [0.25, 0.3) is 5.56 Å². The number of carbonyl (C=O) groups is 1. The number of aryl methyl sites for hydroxylation is 1. The summed E-state index contributed by atoms with van der Waals surface area (Å²) >= 11 is 0. The number of benzene rings is 1. The number of hydrazone groups is 1. The van der Waals surface area contributed by atoms with Crippen LogP contribution < -0.4 is 11.0 Å². The number of amides is 1. The minimum Gasteiger partial charge on any atom is -0.295 e. The Kier molecular flexibility index (Phi) is 4.03. The van der Waals surface area contributed by atoms with Gasteiger partial charge in [-0.05, 0) is 75.3 Å². The van der Waals surface area contributed by atoms with E-state index in [0.717, 1.165) is 30.6 Å². The largest absolute Gasteiger partial charge is 0.295 e. The van der Waals surface area contributed by atoms with E-state index < -0.39 is 0 Å². The van der Waals surface area contributed by atoms with Gasteiger partial charge in [-0.25, -0.2) is 10.1 Å². The van der Waals surface area contributed by atoms with Crippen LogP contribution in [-0.2, 0) is 4.79 Å². The molecule has 4 saturated carbocycles. The topological polar surface area (TPSA) is 79.2 Å². The first-order valence-corrected chi connectivity index (χ1v) is 10.2. The van der Waals surface area contributed by atoms with E-state index >= 15 is 0 Å². The van der Waals surface area contributed by atoms with E-state index in [9.17, 15) is 9.59 Å². The highest BCUT2D eigenvalue weighted by Crippen LogP contribution is 2.60. The molecule has 0 atom stereocenters. The molecule has 0 saturated heterocycles. The van der Waals surface area contributed by atoms with Crippen LogP contribution in [0.2, 0.25) is 0 Å². The monoisotopic (exact) mass is 378 g/mol. The molecule has 1 amide bonds. The molecule has 6 heteroatoms. The van der Waals surface area contributed by atoms with Crippen molar-refractivity contribution in [3.63, 3.8) is 0 Å². The van der Waals surface area contributed by atoms with Crippen LogP contribution in [0.5, 0.6) is 0 Å². The van der Waals surface area contributed by atoms with Crippen molar-refractivity contribution in [2.24, 2.45) is 28.3 Å². The Balaban J connectivity index is 1.33. The number of aromatic amines is 1. The average Bonchev–Trinajstić information content (AvgIpc) is 2.96. The van der Waals surface area contributed by atoms with Crippen LogP contribution in [0.1, 0.15) is 49.8 Å². The summed E-state index contributed by atoms with van der Waals surface area (Å²) in [6.07, 6.45) is 8.40. The smallest absolute Gasteiger partial charge is 0.280 e. The maximum Gasteiger partial charge on any atom is 0.280 e. The number of hydrogen-bond donors (Lipinski definition) is 2. The molecular formula is C22H26N4O2. The Bertz CT molecular complexity index is 950. The second kappa shape index (κ2) is 6.47. The van der Waals surface area contributed by atoms with Gasteiger partial charge in [0.15, 0.2) is 0 Å². The first-order chi connectivity index (χ1) is 13.5. The molecule has 0 spiro atoms. The highest BCUT2D eigenvalue weighted by Gasteiger charge is 2.54. The molecule has 2 aromatic rings. The molecule has 1 aromatic carbocycles. The Morgan fingerprint density at radius 1 is 1.14 bits per heavy atom. The van der Waals surface area contributed by atoms with Crippen LogP contribution in [0.25, 0.3) is 5.69 Å². The standard InChI is InChI=1S/C22H26N4O2/c1-14-19(20(27)26(25-14)18-5-3-2-4-6-18)13-23-24-21(28)22-10-15-7-16(11-22)9-17(8-15)12-22/h2-6,13,15-17,25H,7-12H2,1H3,(H,24,28)/b23-13+. The molecule has 4 aliphatic carbocycles. The summed E-state index contributed by atoms with van der Waals surface area (Å²) in [5, 5.41) is 7.25. The SMILES string of the molecule is Cc1[nH]n(-c2ccccc2)c(=O)c1/C=N/NC(=O)C12CC3CC(CC(C3)C1)C2. The Labute approximate surface area is 164 Å². The molecule has 6 nitrogen and oxygen atoms in total. The van der Waals surface area contributed by atoms with Gasteiger partial charge in [0, 0.05) is 5.69 Å². The van der Waals surface area contributed by atoms with Crippen LogP contribution in [0, 0.1) is 30.1 Å². The van der Waals surface area contributed by atoms with Gasteiger partial charge in [-0.2, -0.15) is 5.10 Å². The maximum atomic E-state index is 13.0. The third-order valence-electron chi connectivity index (χ3n) is 7.01. The summed E-state index contributed by atoms with van der Waals surface area (Å²) in [7, 11) is 0. The molecule has 0 aliphatic heterocycles. The Hall–Kier alpha value is -2.63. The van der Waals surface area contributed by atoms with Crippen LogP contribution in [-0.4, -0.2) is 21.9 Å². The number of rotatable bonds is 4. The minimum atomic E-state index is -0.233. The summed E-state index contributed by atoms with van der Waals surface area (Å²) < 4.78 is 1.50. The molecule has 0 unspecified atom stereocenters. The van der Waals surface area contributed by atoms with E-state index in [0.29, 0.717) is 23.3 Å². The van der Waals surface area contributed by atoms with Gasteiger partial charge in [-0.3, -0.25) is 14.7 Å². The van der Waals surface area contributed by atoms with Gasteiger partial charge < -0.3 is 0 Å². The third-order valence-corrected chi connectivity index (χ3v) is 7.01. The number of aromatic nitrogens is 2. The van der Waals surface area contributed by atoms with E-state index in [1.54, 1.807) is 0 Å². The van der Waals surface area contributed by atoms with Crippen molar-refractivity contribution in [2.75, 3.05) is 0 Å². The maximum absolute atomic E-state index is 13.0. The first kappa shape index (κ1) is 17.5. The van der Waals surface area contributed by atoms with Crippen molar-refractivity contribution in [1.29, 1.82) is 0 Å². The van der Waals surface area contributed by atoms with Crippen molar-refractivity contribution in [1.82, 2.24) is 15.2 Å². The zero-order chi connectivity index (χ0) is 19.3. The normalized spacial score (nSPS) is 30.8. The number of hydrogen-bond acceptors (Lipinski definition) is 3. The third kappa shape index (κ3) is 2.82. The van der Waals surface area contributed by atoms with Crippen molar-refractivity contribution < 1.29 is 4.79 Å². The van der Waals surface area contributed by atoms with Crippen molar-refractivity contribution in [3.8, 4) is 5.69 Å². The molecule has 1 heterocycles. The minimum absolute atomic E-state index is 0.0411. The predicted molar refractivity (Wildman–Crippen MR) is 107 cm³/mol. The number of carbonyl (C=O) groups excluding carboxylic acids is 1. The lowest BCUT2D eigenvalue weighted by Gasteiger charge is -2.55. The molecule has 4 fully saturated rings. The quantitative estimate of drug-likeness (QED) is 0.633. The molecule has 0 radical (unpaired) electrons. The molecule has 146 valence electrons. The average molecular weight is 378 g/mol. The lowest BCUT2D eigenvalue weighted by atomic mass is 9.49. The Morgan fingerprint density at radius 2 is 1.75 bits per heavy atom. The summed E-state index contributed by atoms with van der Waals surface area (Å²) in [4.78, 5) is 25.7. The fourth-order valence-corrected chi connectivity index (χ4v) is 6.13. The second-order valence-corrected chi connectivity index (χ2v) is 9.02. The van der Waals surface area contributed by atoms with E-state index in [1.165, 1.54) is 30.2 Å². The summed E-state index contributed by atoms with van der Waals surface area (Å²) in [6, 6.07) is 9.42. The fraction of sp³-hybridized carbons (Fsp3) is 0.500. The zero-order valence-electron chi connectivity index (χ0n) is 16.1. The summed E-state index contributed by atoms with van der Waals surface area (Å²) in [5.41, 5.74) is 4.32. The zero-order valence-corrected chi connectivity index (χ0v) is 16.1. The predicted octanol–water partition coefficient (Wildman–Crippen LogP) is 3.14. The number of nitrogens with one attached hydrogen (secondary N) is 2. The van der Waals surface area contributed by atoms with E-state index in [-0.39, 0.29) is 16.9 Å². The van der Waals surface area contributed by atoms with Gasteiger partial charge in [-0.1, -0.05) is 18.2 Å². The summed E-state index contributed by atoms with van der Waals surface area (Å²) in [6.45, 7) is 1.84. The van der Waals surface area contributed by atoms with Crippen molar-refractivity contribution in [3.05, 3.63) is 51.9 Å². The van der Waals surface area contributed by atoms with E-state index in [1.807, 2.05) is 37.3 Å². The second-order valence-electron chi connectivity index (χ2n) is 9.02. The molecule has 6 rings (SSSR count). The Morgan fingerprint density at radius 3 is 2.36 bits per heavy atom. The molecule has 4 bridgehead atoms. The van der Waals surface area contributed by atoms with Crippen molar-refractivity contribution in [2.45, 2.75) is 45.4 Å². The highest BCUT2D eigenvalue weighted by atomic mass is 16.2. The van der Waals surface area contributed by atoms with Gasteiger partial charge >= 0.3 is 0 Å². The summed E-state index contributed by atoms with van der Waals surface area (Å²) in [5.74, 6) is 2.18. The van der Waals surface area contributed by atoms with E-state index in [2.05, 4.69) is 15.6 Å². The molecule has 2 N–H and O–H groups in total. The van der Waals surface area contributed by atoms with Crippen LogP contribution in [0.3, 0.4) is 0 Å². The van der Waals surface area contributed by atoms with Gasteiger partial charge in [0.2, 0.25) is 5.91 Å². The van der Waals surface area contributed by atoms with Gasteiger partial charge in [0.05, 0.1) is 22.9 Å². The van der Waals surface area contributed by atoms with Gasteiger partial charge in [0.1, 0.15) is 0 Å². The number of para-hydroxylation sites is 1. The van der Waals surface area contributed by atoms with Crippen molar-refractivity contribution >= 4 is 12.1 Å². The van der Waals surface area contributed by atoms with Gasteiger partial charge in [-0.15, -0.1) is 0 Å². The highest BCUT2D eigenvalue weighted by molar-refractivity contribution is 5.86. The number of H-pyrrole nitrogens is 1. The van der Waals surface area contributed by atoms with Crippen LogP contribution in [0.4, 0.5) is 0 Å². The fourth-order valence-electron chi connectivity index (χ4n) is 6.13. The van der Waals surface area contributed by atoms with E-state index in [4.69, 9.17) is 0 Å². The van der Waals surface area contributed by atoms with Crippen LogP contribution in [0.15, 0.2) is 40.2 Å². The number of nitrogens with zero attached hydrogens (tertiary/aromatic N) is 2. The molecule has 28 heavy (non-hydrogen) atoms. The first-order valence-electron chi connectivity index (χ1n) is 10.2.